The Morgan fingerprint density at radius 2 is 1.43 bits per heavy atom. The molecule has 0 heterocycles. The molecule has 1 aromatic carbocycles. The van der Waals surface area contributed by atoms with Crippen LogP contribution in [0, 0.1) is 18.8 Å². The Bertz CT molecular complexity index is 408. The van der Waals surface area contributed by atoms with Gasteiger partial charge in [0.25, 0.3) is 0 Å². The fraction of sp³-hybridized carbons (Fsp3) is 0.550. The van der Waals surface area contributed by atoms with E-state index in [1.165, 1.54) is 44.9 Å². The molecule has 0 atom stereocenters. The molecule has 0 spiro atoms. The maximum atomic E-state index is 5.70. The molecule has 115 valence electrons. The van der Waals surface area contributed by atoms with Crippen LogP contribution in [-0.4, -0.2) is 6.61 Å². The van der Waals surface area contributed by atoms with Crippen molar-refractivity contribution in [3.63, 3.8) is 0 Å². The molecule has 0 saturated heterocycles. The normalized spacial score (nSPS) is 10.0. The molecule has 0 amide bonds. The second-order valence-electron chi connectivity index (χ2n) is 5.50. The molecule has 0 aliphatic carbocycles. The molecular weight excluding hydrogens is 256 g/mol. The van der Waals surface area contributed by atoms with Crippen molar-refractivity contribution in [1.82, 2.24) is 0 Å². The maximum absolute atomic E-state index is 5.70. The number of unbranched alkanes of at least 4 members (excludes halogenated alkanes) is 8. The highest BCUT2D eigenvalue weighted by Crippen LogP contribution is 2.13. The van der Waals surface area contributed by atoms with Crippen molar-refractivity contribution >= 4 is 0 Å². The quantitative estimate of drug-likeness (QED) is 0.370. The first-order valence-corrected chi connectivity index (χ1v) is 8.27. The van der Waals surface area contributed by atoms with Crippen LogP contribution in [0.3, 0.4) is 0 Å². The van der Waals surface area contributed by atoms with Gasteiger partial charge in [-0.25, -0.2) is 0 Å². The van der Waals surface area contributed by atoms with Gasteiger partial charge in [0.2, 0.25) is 0 Å². The summed E-state index contributed by atoms with van der Waals surface area (Å²) in [6, 6.07) is 7.96. The molecule has 1 heteroatoms. The van der Waals surface area contributed by atoms with E-state index in [0.717, 1.165) is 30.8 Å². The van der Waals surface area contributed by atoms with Crippen molar-refractivity contribution < 1.29 is 4.74 Å². The van der Waals surface area contributed by atoms with Gasteiger partial charge in [0.15, 0.2) is 0 Å². The van der Waals surface area contributed by atoms with Gasteiger partial charge < -0.3 is 4.74 Å². The summed E-state index contributed by atoms with van der Waals surface area (Å²) < 4.78 is 5.70. The lowest BCUT2D eigenvalue weighted by Crippen LogP contribution is -1.97. The Morgan fingerprint density at radius 3 is 2.05 bits per heavy atom. The average molecular weight is 285 g/mol. The Balaban J connectivity index is 1.84. The zero-order valence-corrected chi connectivity index (χ0v) is 13.5. The first-order valence-electron chi connectivity index (χ1n) is 8.27. The molecule has 0 aromatic heterocycles. The molecule has 0 N–H and O–H groups in total. The Morgan fingerprint density at radius 1 is 0.857 bits per heavy atom. The minimum atomic E-state index is 0.826. The zero-order valence-electron chi connectivity index (χ0n) is 13.5. The summed E-state index contributed by atoms with van der Waals surface area (Å²) >= 11 is 0. The maximum Gasteiger partial charge on any atom is 0.119 e. The minimum Gasteiger partial charge on any atom is -0.494 e. The summed E-state index contributed by atoms with van der Waals surface area (Å²) in [5, 5.41) is 0. The van der Waals surface area contributed by atoms with Crippen LogP contribution in [0.2, 0.25) is 0 Å². The van der Waals surface area contributed by atoms with Crippen molar-refractivity contribution in [2.24, 2.45) is 0 Å². The van der Waals surface area contributed by atoms with E-state index in [9.17, 15) is 0 Å². The third-order valence-electron chi connectivity index (χ3n) is 3.56. The highest BCUT2D eigenvalue weighted by atomic mass is 16.5. The number of hydrogen-bond donors (Lipinski definition) is 0. The van der Waals surface area contributed by atoms with E-state index >= 15 is 0 Å². The van der Waals surface area contributed by atoms with Crippen molar-refractivity contribution in [2.45, 2.75) is 64.7 Å². The average Bonchev–Trinajstić information content (AvgIpc) is 2.50. The number of benzene rings is 1. The zero-order chi connectivity index (χ0) is 15.2. The van der Waals surface area contributed by atoms with E-state index in [1.807, 2.05) is 31.2 Å². The Kier molecular flexibility index (Phi) is 10.4. The molecule has 0 unspecified atom stereocenters. The summed E-state index contributed by atoms with van der Waals surface area (Å²) in [7, 11) is 0. The second kappa shape index (κ2) is 12.3. The first-order chi connectivity index (χ1) is 10.3. The van der Waals surface area contributed by atoms with Gasteiger partial charge in [-0.2, -0.15) is 0 Å². The highest BCUT2D eigenvalue weighted by molar-refractivity contribution is 5.28. The van der Waals surface area contributed by atoms with Crippen LogP contribution in [-0.2, 0) is 0 Å². The summed E-state index contributed by atoms with van der Waals surface area (Å²) in [4.78, 5) is 0. The van der Waals surface area contributed by atoms with Gasteiger partial charge in [-0.1, -0.05) is 50.7 Å². The Hall–Kier alpha value is -1.42. The number of rotatable bonds is 11. The van der Waals surface area contributed by atoms with Crippen molar-refractivity contribution in [2.75, 3.05) is 6.61 Å². The SMILES string of the molecule is [CH2]c1ccc(OCCCCCCCCCCC#CC)cc1. The van der Waals surface area contributed by atoms with Gasteiger partial charge in [-0.05, 0) is 44.4 Å². The van der Waals surface area contributed by atoms with Gasteiger partial charge in [0, 0.05) is 6.42 Å². The standard InChI is InChI=1S/C20H29O/c1-3-4-5-6-7-8-9-10-11-12-13-18-21-20-16-14-19(2)15-17-20/h14-17H,2,5-13,18H2,1H3. The summed E-state index contributed by atoms with van der Waals surface area (Å²) in [5.74, 6) is 7.03. The molecule has 0 saturated carbocycles. The molecule has 1 radical (unpaired) electrons. The molecule has 1 nitrogen and oxygen atoms in total. The molecule has 21 heavy (non-hydrogen) atoms. The molecule has 1 rings (SSSR count). The van der Waals surface area contributed by atoms with Gasteiger partial charge in [0.1, 0.15) is 5.75 Å². The van der Waals surface area contributed by atoms with E-state index in [-0.39, 0.29) is 0 Å². The molecule has 1 aromatic rings. The van der Waals surface area contributed by atoms with Gasteiger partial charge in [0.05, 0.1) is 6.61 Å². The van der Waals surface area contributed by atoms with E-state index in [0.29, 0.717) is 0 Å². The highest BCUT2D eigenvalue weighted by Gasteiger charge is 1.95. The van der Waals surface area contributed by atoms with E-state index < -0.39 is 0 Å². The fourth-order valence-corrected chi connectivity index (χ4v) is 2.28. The predicted molar refractivity (Wildman–Crippen MR) is 91.4 cm³/mol. The molecule has 0 aliphatic heterocycles. The first kappa shape index (κ1) is 17.6. The lowest BCUT2D eigenvalue weighted by Gasteiger charge is -2.06. The Labute approximate surface area is 131 Å². The largest absolute Gasteiger partial charge is 0.494 e. The van der Waals surface area contributed by atoms with Crippen molar-refractivity contribution in [3.05, 3.63) is 36.8 Å². The molecule has 0 fully saturated rings. The van der Waals surface area contributed by atoms with Crippen LogP contribution < -0.4 is 4.74 Å². The fourth-order valence-electron chi connectivity index (χ4n) is 2.28. The van der Waals surface area contributed by atoms with E-state index in [2.05, 4.69) is 18.8 Å². The summed E-state index contributed by atoms with van der Waals surface area (Å²) in [6.45, 7) is 6.61. The lowest BCUT2D eigenvalue weighted by molar-refractivity contribution is 0.304. The van der Waals surface area contributed by atoms with Crippen LogP contribution >= 0.6 is 0 Å². The third-order valence-corrected chi connectivity index (χ3v) is 3.56. The molecule has 0 aliphatic rings. The van der Waals surface area contributed by atoms with E-state index in [4.69, 9.17) is 4.74 Å². The molecule has 0 bridgehead atoms. The van der Waals surface area contributed by atoms with Gasteiger partial charge in [-0.15, -0.1) is 11.8 Å². The molecular formula is C20H29O. The minimum absolute atomic E-state index is 0.826. The van der Waals surface area contributed by atoms with Crippen molar-refractivity contribution in [1.29, 1.82) is 0 Å². The topological polar surface area (TPSA) is 9.23 Å². The van der Waals surface area contributed by atoms with Crippen LogP contribution in [0.5, 0.6) is 5.75 Å². The summed E-state index contributed by atoms with van der Waals surface area (Å²) in [5.41, 5.74) is 1.03. The monoisotopic (exact) mass is 285 g/mol. The van der Waals surface area contributed by atoms with Gasteiger partial charge >= 0.3 is 0 Å². The number of hydrogen-bond acceptors (Lipinski definition) is 1. The van der Waals surface area contributed by atoms with Crippen LogP contribution in [0.1, 0.15) is 70.3 Å². The summed E-state index contributed by atoms with van der Waals surface area (Å²) in [6.07, 6.45) is 11.5. The lowest BCUT2D eigenvalue weighted by atomic mass is 10.1. The number of ether oxygens (including phenoxy) is 1. The third kappa shape index (κ3) is 10.0. The second-order valence-corrected chi connectivity index (χ2v) is 5.50. The van der Waals surface area contributed by atoms with Crippen LogP contribution in [0.15, 0.2) is 24.3 Å². The van der Waals surface area contributed by atoms with Crippen LogP contribution in [0.25, 0.3) is 0 Å². The van der Waals surface area contributed by atoms with E-state index in [1.54, 1.807) is 0 Å². The predicted octanol–water partition coefficient (Wildman–Crippen LogP) is 5.78. The van der Waals surface area contributed by atoms with Gasteiger partial charge in [-0.3, -0.25) is 0 Å². The smallest absolute Gasteiger partial charge is 0.119 e. The van der Waals surface area contributed by atoms with Crippen molar-refractivity contribution in [3.8, 4) is 17.6 Å². The van der Waals surface area contributed by atoms with Crippen LogP contribution in [0.4, 0.5) is 0 Å².